The molecule has 27 heteroatoms. The van der Waals surface area contributed by atoms with Crippen LogP contribution in [-0.2, 0) is 63.1 Å². The summed E-state index contributed by atoms with van der Waals surface area (Å²) in [6, 6.07) is 24.3. The molecule has 1 aromatic heterocycles. The molecule has 5 atom stereocenters. The first-order valence-corrected chi connectivity index (χ1v) is 29.7. The lowest BCUT2D eigenvalue weighted by Crippen LogP contribution is -2.59. The Labute approximate surface area is 510 Å². The van der Waals surface area contributed by atoms with Gasteiger partial charge in [0.1, 0.15) is 46.7 Å². The number of hydrazine groups is 1. The van der Waals surface area contributed by atoms with Gasteiger partial charge >= 0.3 is 0 Å². The normalized spacial score (nSPS) is 14.3. The van der Waals surface area contributed by atoms with Gasteiger partial charge in [-0.2, -0.15) is 13.5 Å². The SMILES string of the molecule is CC(=O)N1CCC[C@H]1C(=O)N[C@@H](CC(C)C)C(=O)NCC(=O)N[C@@H](CCc1ccccc1)C(=O)N[C@@H](Cc1ccc(O)cc1)C(=O)N[C@@H](CC(C)C)C(=O)NNC(=O)c1ccc(CNC(=O)c2ccc(NN=Cc3ccccc3S(=O)(=O)O)nc2)cc1.N. The van der Waals surface area contributed by atoms with Gasteiger partial charge in [-0.25, -0.2) is 4.98 Å². The maximum atomic E-state index is 14.4. The highest BCUT2D eigenvalue weighted by Crippen LogP contribution is 2.20. The van der Waals surface area contributed by atoms with Crippen LogP contribution in [-0.4, -0.2) is 131 Å². The Bertz CT molecular complexity index is 3370. The van der Waals surface area contributed by atoms with Crippen molar-refractivity contribution in [2.75, 3.05) is 18.5 Å². The lowest BCUT2D eigenvalue weighted by Gasteiger charge is -2.27. The van der Waals surface area contributed by atoms with E-state index in [9.17, 15) is 61.2 Å². The number of hydrogen-bond acceptors (Lipinski definition) is 16. The number of amides is 9. The second-order valence-electron chi connectivity index (χ2n) is 21.7. The van der Waals surface area contributed by atoms with Crippen molar-refractivity contribution in [3.63, 3.8) is 0 Å². The van der Waals surface area contributed by atoms with Crippen LogP contribution in [0.1, 0.15) is 110 Å². The largest absolute Gasteiger partial charge is 0.508 e. The number of pyridine rings is 1. The molecule has 0 unspecified atom stereocenters. The third-order valence-corrected chi connectivity index (χ3v) is 14.8. The van der Waals surface area contributed by atoms with Crippen molar-refractivity contribution < 1.29 is 61.2 Å². The van der Waals surface area contributed by atoms with Crippen LogP contribution in [0.5, 0.6) is 5.75 Å². The summed E-state index contributed by atoms with van der Waals surface area (Å²) in [4.78, 5) is 127. The highest BCUT2D eigenvalue weighted by Gasteiger charge is 2.36. The average molecular weight is 1230 g/mol. The molecule has 4 aromatic carbocycles. The van der Waals surface area contributed by atoms with Gasteiger partial charge in [0.25, 0.3) is 27.8 Å². The standard InChI is InChI=1S/C61H74N12O13S.H3N/c1-37(2)30-48(69-61(83)51-15-11-29-73(51)39(5)74)57(79)64-36-54(76)66-47(27-21-40-12-7-6-8-13-40)58(80)68-50(32-41-19-25-46(75)26-20-41)59(81)67-49(31-38(3)4)60(82)72-71-56(78)43-22-17-42(18-23-43)33-63-55(77)45-24-28-53(62-34-45)70-65-35-44-14-9-10-16-52(44)87(84,85)86;/h6-10,12-14,16-20,22-26,28,34-35,37-38,47-51,75H,11,15,21,27,29-33,36H2,1-5H3,(H,62,70)(H,63,77)(H,64,79)(H,66,76)(H,67,81)(H,68,80)(H,69,83)(H,71,78)(H,72,82)(H,84,85,86);1H3/t47-,48-,49-,50-,51-;/m0./s1. The minimum Gasteiger partial charge on any atom is -0.508 e. The molecule has 1 aliphatic heterocycles. The summed E-state index contributed by atoms with van der Waals surface area (Å²) in [5.41, 5.74) is 9.84. The molecule has 0 bridgehead atoms. The molecule has 0 spiro atoms. The van der Waals surface area contributed by atoms with Crippen LogP contribution in [0.2, 0.25) is 0 Å². The number of aromatic hydroxyl groups is 1. The second-order valence-corrected chi connectivity index (χ2v) is 23.1. The van der Waals surface area contributed by atoms with Gasteiger partial charge in [-0.3, -0.25) is 64.0 Å². The van der Waals surface area contributed by atoms with Crippen LogP contribution in [0.3, 0.4) is 0 Å². The zero-order valence-corrected chi connectivity index (χ0v) is 50.4. The number of phenolic OH excluding ortho intramolecular Hbond substituents is 1. The Morgan fingerprint density at radius 1 is 0.659 bits per heavy atom. The molecule has 88 heavy (non-hydrogen) atoms. The smallest absolute Gasteiger partial charge is 0.295 e. The molecule has 0 saturated carbocycles. The molecular weight excluding hydrogens is 1150 g/mol. The van der Waals surface area contributed by atoms with Crippen LogP contribution in [0.25, 0.3) is 0 Å². The molecule has 0 aliphatic carbocycles. The predicted molar refractivity (Wildman–Crippen MR) is 327 cm³/mol. The molecule has 9 amide bonds. The van der Waals surface area contributed by atoms with E-state index in [0.717, 1.165) is 5.56 Å². The topological polar surface area (TPSA) is 400 Å². The fourth-order valence-corrected chi connectivity index (χ4v) is 10.1. The number of benzene rings is 4. The molecule has 1 fully saturated rings. The molecule has 2 heterocycles. The quantitative estimate of drug-likeness (QED) is 0.0194. The van der Waals surface area contributed by atoms with Crippen LogP contribution < -0.4 is 54.3 Å². The predicted octanol–water partition coefficient (Wildman–Crippen LogP) is 3.37. The number of nitrogens with one attached hydrogen (secondary N) is 9. The van der Waals surface area contributed by atoms with Crippen molar-refractivity contribution in [1.82, 2.24) is 58.8 Å². The number of phenols is 1. The van der Waals surface area contributed by atoms with Gasteiger partial charge in [-0.05, 0) is 110 Å². The summed E-state index contributed by atoms with van der Waals surface area (Å²) in [6.45, 7) is 8.66. The Morgan fingerprint density at radius 3 is 1.91 bits per heavy atom. The molecule has 470 valence electrons. The van der Waals surface area contributed by atoms with Crippen molar-refractivity contribution in [3.05, 3.63) is 155 Å². The number of rotatable bonds is 28. The number of likely N-dealkylation sites (tertiary alicyclic amines) is 1. The molecule has 26 nitrogen and oxygen atoms in total. The van der Waals surface area contributed by atoms with E-state index in [2.05, 4.69) is 58.3 Å². The first kappa shape index (κ1) is 69.2. The lowest BCUT2D eigenvalue weighted by atomic mass is 10.00. The maximum Gasteiger partial charge on any atom is 0.295 e. The number of nitrogens with zero attached hydrogens (tertiary/aromatic N) is 3. The molecule has 0 radical (unpaired) electrons. The number of carbonyl (C=O) groups excluding carboxylic acids is 9. The zero-order valence-electron chi connectivity index (χ0n) is 49.6. The van der Waals surface area contributed by atoms with Crippen molar-refractivity contribution in [3.8, 4) is 5.75 Å². The summed E-state index contributed by atoms with van der Waals surface area (Å²) in [5, 5.41) is 30.3. The second kappa shape index (κ2) is 33.3. The summed E-state index contributed by atoms with van der Waals surface area (Å²) in [5.74, 6) is -5.64. The monoisotopic (exact) mass is 1230 g/mol. The van der Waals surface area contributed by atoms with Crippen molar-refractivity contribution in [1.29, 1.82) is 0 Å². The van der Waals surface area contributed by atoms with E-state index in [1.807, 2.05) is 58.0 Å². The van der Waals surface area contributed by atoms with E-state index in [1.54, 1.807) is 30.3 Å². The summed E-state index contributed by atoms with van der Waals surface area (Å²) in [7, 11) is -4.48. The van der Waals surface area contributed by atoms with Crippen molar-refractivity contribution in [2.45, 2.75) is 121 Å². The van der Waals surface area contributed by atoms with E-state index in [-0.39, 0.29) is 89.3 Å². The molecule has 14 N–H and O–H groups in total. The van der Waals surface area contributed by atoms with Crippen LogP contribution >= 0.6 is 0 Å². The first-order chi connectivity index (χ1) is 41.4. The molecular formula is C61H77N13O13S. The fraction of sp³-hybridized carbons (Fsp3) is 0.361. The Hall–Kier alpha value is -9.60. The van der Waals surface area contributed by atoms with Crippen LogP contribution in [0, 0.1) is 11.8 Å². The molecule has 1 aliphatic rings. The highest BCUT2D eigenvalue weighted by atomic mass is 32.2. The van der Waals surface area contributed by atoms with Crippen LogP contribution in [0.4, 0.5) is 5.82 Å². The van der Waals surface area contributed by atoms with Gasteiger partial charge in [-0.1, -0.05) is 100 Å². The number of hydrazone groups is 1. The number of anilines is 1. The Kier molecular flexibility index (Phi) is 26.2. The van der Waals surface area contributed by atoms with Gasteiger partial charge in [0.05, 0.1) is 18.3 Å². The third-order valence-electron chi connectivity index (χ3n) is 13.9. The van der Waals surface area contributed by atoms with E-state index in [0.29, 0.717) is 36.9 Å². The number of hydrogen-bond donors (Lipinski definition) is 12. The fourth-order valence-electron chi connectivity index (χ4n) is 9.39. The zero-order chi connectivity index (χ0) is 63.2. The highest BCUT2D eigenvalue weighted by molar-refractivity contribution is 7.86. The third kappa shape index (κ3) is 21.7. The maximum absolute atomic E-state index is 14.4. The summed E-state index contributed by atoms with van der Waals surface area (Å²) < 4.78 is 32.8. The summed E-state index contributed by atoms with van der Waals surface area (Å²) >= 11 is 0. The molecule has 6 rings (SSSR count). The van der Waals surface area contributed by atoms with Crippen LogP contribution in [0.15, 0.2) is 131 Å². The van der Waals surface area contributed by atoms with Gasteiger partial charge < -0.3 is 48.1 Å². The van der Waals surface area contributed by atoms with E-state index in [4.69, 9.17) is 0 Å². The average Bonchev–Trinajstić information content (AvgIpc) is 4.14. The number of carbonyl (C=O) groups is 9. The van der Waals surface area contributed by atoms with Gasteiger partial charge in [0, 0.05) is 43.8 Å². The molecule has 5 aromatic rings. The number of aromatic nitrogens is 1. The van der Waals surface area contributed by atoms with Crippen molar-refractivity contribution in [2.24, 2.45) is 16.9 Å². The summed E-state index contributed by atoms with van der Waals surface area (Å²) in [6.07, 6.45) is 4.13. The van der Waals surface area contributed by atoms with Gasteiger partial charge in [-0.15, -0.1) is 0 Å². The Morgan fingerprint density at radius 2 is 1.27 bits per heavy atom. The van der Waals surface area contributed by atoms with Crippen molar-refractivity contribution >= 4 is 75.3 Å². The molecule has 1 saturated heterocycles. The first-order valence-electron chi connectivity index (χ1n) is 28.3. The minimum absolute atomic E-state index is 0. The van der Waals surface area contributed by atoms with Gasteiger partial charge in [0.15, 0.2) is 0 Å². The van der Waals surface area contributed by atoms with E-state index >= 15 is 0 Å². The van der Waals surface area contributed by atoms with E-state index in [1.165, 1.54) is 78.8 Å². The minimum atomic E-state index is -4.48. The van der Waals surface area contributed by atoms with Gasteiger partial charge in [0.2, 0.25) is 35.4 Å². The lowest BCUT2D eigenvalue weighted by molar-refractivity contribution is -0.138. The van der Waals surface area contributed by atoms with E-state index < -0.39 is 94.1 Å². The number of aryl methyl sites for hydroxylation is 1. The Balaban J connectivity index is 0.0000141.